The molecule has 0 atom stereocenters. The molecule has 0 fully saturated rings. The lowest BCUT2D eigenvalue weighted by Crippen LogP contribution is -1.95. The van der Waals surface area contributed by atoms with E-state index in [1.807, 2.05) is 36.4 Å². The van der Waals surface area contributed by atoms with E-state index < -0.39 is 0 Å². The maximum atomic E-state index is 6.28. The summed E-state index contributed by atoms with van der Waals surface area (Å²) in [5, 5.41) is 9.81. The number of aromatic nitrogens is 2. The fourth-order valence-corrected chi connectivity index (χ4v) is 8.03. The van der Waals surface area contributed by atoms with Gasteiger partial charge in [0.25, 0.3) is 0 Å². The molecule has 0 spiro atoms. The van der Waals surface area contributed by atoms with E-state index in [0.717, 1.165) is 61.9 Å². The summed E-state index contributed by atoms with van der Waals surface area (Å²) in [7, 11) is 0. The molecule has 0 saturated heterocycles. The van der Waals surface area contributed by atoms with Crippen LogP contribution in [0.15, 0.2) is 150 Å². The zero-order valence-corrected chi connectivity index (χ0v) is 25.9. The Balaban J connectivity index is 1.13. The number of furan rings is 1. The number of nitrogens with zero attached hydrogens (tertiary/aromatic N) is 2. The van der Waals surface area contributed by atoms with E-state index >= 15 is 0 Å². The van der Waals surface area contributed by atoms with Crippen molar-refractivity contribution in [2.24, 2.45) is 0 Å². The second-order valence-corrected chi connectivity index (χ2v) is 12.9. The first kappa shape index (κ1) is 25.8. The Bertz CT molecular complexity index is 2990. The second kappa shape index (κ2) is 9.60. The van der Waals surface area contributed by atoms with Gasteiger partial charge in [0.2, 0.25) is 0 Å². The molecule has 0 aliphatic heterocycles. The summed E-state index contributed by atoms with van der Waals surface area (Å²) in [5.74, 6) is 0. The monoisotopic (exact) mass is 610 g/mol. The number of benzene rings is 8. The van der Waals surface area contributed by atoms with E-state index in [0.29, 0.717) is 0 Å². The van der Waals surface area contributed by atoms with Gasteiger partial charge < -0.3 is 4.42 Å². The third kappa shape index (κ3) is 3.64. The van der Waals surface area contributed by atoms with Crippen LogP contribution >= 0.6 is 0 Å². The van der Waals surface area contributed by atoms with Crippen molar-refractivity contribution < 1.29 is 4.42 Å². The van der Waals surface area contributed by atoms with Crippen LogP contribution in [0.2, 0.25) is 0 Å². The lowest BCUT2D eigenvalue weighted by atomic mass is 9.91. The van der Waals surface area contributed by atoms with E-state index in [4.69, 9.17) is 14.4 Å². The Labute approximate surface area is 275 Å². The van der Waals surface area contributed by atoms with Crippen molar-refractivity contribution in [3.63, 3.8) is 0 Å². The smallest absolute Gasteiger partial charge is 0.136 e. The molecule has 3 heteroatoms. The number of hydrogen-bond acceptors (Lipinski definition) is 3. The van der Waals surface area contributed by atoms with Crippen LogP contribution in [0.3, 0.4) is 0 Å². The fraction of sp³-hybridized carbons (Fsp3) is 0.0222. The summed E-state index contributed by atoms with van der Waals surface area (Å²) >= 11 is 0. The molecule has 3 nitrogen and oxygen atoms in total. The lowest BCUT2D eigenvalue weighted by Gasteiger charge is -2.14. The highest BCUT2D eigenvalue weighted by Gasteiger charge is 2.22. The van der Waals surface area contributed by atoms with Gasteiger partial charge in [0.05, 0.1) is 22.4 Å². The van der Waals surface area contributed by atoms with Crippen LogP contribution in [0, 0.1) is 0 Å². The Morgan fingerprint density at radius 2 is 1.08 bits per heavy atom. The Hall–Kier alpha value is -6.32. The molecule has 2 heterocycles. The van der Waals surface area contributed by atoms with Crippen molar-refractivity contribution in [2.45, 2.75) is 6.42 Å². The predicted molar refractivity (Wildman–Crippen MR) is 198 cm³/mol. The average molecular weight is 611 g/mol. The Kier molecular flexibility index (Phi) is 5.17. The second-order valence-electron chi connectivity index (χ2n) is 12.9. The third-order valence-corrected chi connectivity index (χ3v) is 10.2. The quantitative estimate of drug-likeness (QED) is 0.183. The van der Waals surface area contributed by atoms with E-state index in [1.165, 1.54) is 54.6 Å². The van der Waals surface area contributed by atoms with Crippen molar-refractivity contribution in [3.05, 3.63) is 157 Å². The van der Waals surface area contributed by atoms with Gasteiger partial charge in [-0.05, 0) is 97.4 Å². The zero-order valence-electron chi connectivity index (χ0n) is 25.9. The molecule has 1 aliphatic rings. The van der Waals surface area contributed by atoms with Crippen LogP contribution in [0.1, 0.15) is 11.1 Å². The van der Waals surface area contributed by atoms with Gasteiger partial charge in [0.1, 0.15) is 11.2 Å². The standard InChI is InChI=1S/C45H26N2O/c1-2-8-32-27(7-1)23-29-16-22-36-37(43(29)32)21-15-26-13-14-28-24-30(17-19-33(28)42(26)36)44-45(47-39-11-5-4-10-38(39)46-44)31-18-20-35-34-9-3-6-12-40(34)48-41(35)25-31/h1-22,24-25H,23H2. The summed E-state index contributed by atoms with van der Waals surface area (Å²) in [6.45, 7) is 0. The normalized spacial score (nSPS) is 12.5. The van der Waals surface area contributed by atoms with Crippen LogP contribution in [-0.2, 0) is 6.42 Å². The van der Waals surface area contributed by atoms with Gasteiger partial charge in [0.15, 0.2) is 0 Å². The molecule has 1 aliphatic carbocycles. The molecule has 0 amide bonds. The number of hydrogen-bond donors (Lipinski definition) is 0. The van der Waals surface area contributed by atoms with E-state index in [-0.39, 0.29) is 0 Å². The Morgan fingerprint density at radius 1 is 0.438 bits per heavy atom. The SMILES string of the molecule is c1ccc2c(c1)Cc1ccc3c(ccc4ccc5cc(-c6nc7ccccc7nc6-c6ccc7c(c6)oc6ccccc67)ccc5c43)c1-2. The zero-order chi connectivity index (χ0) is 31.3. The van der Waals surface area contributed by atoms with E-state index in [1.54, 1.807) is 0 Å². The van der Waals surface area contributed by atoms with Gasteiger partial charge in [-0.1, -0.05) is 109 Å². The summed E-state index contributed by atoms with van der Waals surface area (Å²) in [6.07, 6.45) is 0.997. The van der Waals surface area contributed by atoms with Crippen molar-refractivity contribution in [1.82, 2.24) is 9.97 Å². The van der Waals surface area contributed by atoms with Gasteiger partial charge in [-0.15, -0.1) is 0 Å². The highest BCUT2D eigenvalue weighted by Crippen LogP contribution is 2.44. The largest absolute Gasteiger partial charge is 0.456 e. The number of para-hydroxylation sites is 3. The summed E-state index contributed by atoms with van der Waals surface area (Å²) in [4.78, 5) is 10.4. The van der Waals surface area contributed by atoms with Gasteiger partial charge >= 0.3 is 0 Å². The Morgan fingerprint density at radius 3 is 1.96 bits per heavy atom. The molecule has 48 heavy (non-hydrogen) atoms. The molecule has 0 N–H and O–H groups in total. The minimum atomic E-state index is 0.843. The lowest BCUT2D eigenvalue weighted by molar-refractivity contribution is 0.669. The molecule has 0 bridgehead atoms. The highest BCUT2D eigenvalue weighted by atomic mass is 16.3. The molecule has 0 radical (unpaired) electrons. The molecular weight excluding hydrogens is 585 g/mol. The first-order valence-corrected chi connectivity index (χ1v) is 16.4. The van der Waals surface area contributed by atoms with Crippen molar-refractivity contribution in [2.75, 3.05) is 0 Å². The van der Waals surface area contributed by atoms with Gasteiger partial charge in [-0.25, -0.2) is 9.97 Å². The van der Waals surface area contributed by atoms with Crippen molar-refractivity contribution in [1.29, 1.82) is 0 Å². The number of fused-ring (bicyclic) bond motifs is 13. The highest BCUT2D eigenvalue weighted by molar-refractivity contribution is 6.23. The minimum Gasteiger partial charge on any atom is -0.456 e. The fourth-order valence-electron chi connectivity index (χ4n) is 8.03. The maximum Gasteiger partial charge on any atom is 0.136 e. The van der Waals surface area contributed by atoms with Crippen LogP contribution < -0.4 is 0 Å². The summed E-state index contributed by atoms with van der Waals surface area (Å²) < 4.78 is 6.28. The van der Waals surface area contributed by atoms with E-state index in [9.17, 15) is 0 Å². The predicted octanol–water partition coefficient (Wildman–Crippen LogP) is 11.9. The molecule has 0 unspecified atom stereocenters. The van der Waals surface area contributed by atoms with E-state index in [2.05, 4.69) is 109 Å². The summed E-state index contributed by atoms with van der Waals surface area (Å²) in [5.41, 5.74) is 12.8. The van der Waals surface area contributed by atoms with Gasteiger partial charge in [0, 0.05) is 21.9 Å². The first-order valence-electron chi connectivity index (χ1n) is 16.4. The molecule has 2 aromatic heterocycles. The van der Waals surface area contributed by atoms with Crippen molar-refractivity contribution >= 4 is 65.3 Å². The molecule has 0 saturated carbocycles. The molecule has 222 valence electrons. The number of rotatable bonds is 2. The van der Waals surface area contributed by atoms with Crippen LogP contribution in [0.25, 0.3) is 98.9 Å². The molecule has 10 aromatic rings. The van der Waals surface area contributed by atoms with Crippen LogP contribution in [0.4, 0.5) is 0 Å². The molecule has 8 aromatic carbocycles. The average Bonchev–Trinajstić information content (AvgIpc) is 3.72. The van der Waals surface area contributed by atoms with Gasteiger partial charge in [-0.2, -0.15) is 0 Å². The van der Waals surface area contributed by atoms with Crippen LogP contribution in [0.5, 0.6) is 0 Å². The first-order chi connectivity index (χ1) is 23.8. The third-order valence-electron chi connectivity index (χ3n) is 10.2. The van der Waals surface area contributed by atoms with Crippen LogP contribution in [-0.4, -0.2) is 9.97 Å². The maximum absolute atomic E-state index is 6.28. The molecular formula is C45H26N2O. The van der Waals surface area contributed by atoms with Crippen molar-refractivity contribution in [3.8, 4) is 33.6 Å². The minimum absolute atomic E-state index is 0.843. The molecule has 11 rings (SSSR count). The summed E-state index contributed by atoms with van der Waals surface area (Å²) in [6, 6.07) is 52.0. The topological polar surface area (TPSA) is 38.9 Å². The van der Waals surface area contributed by atoms with Gasteiger partial charge in [-0.3, -0.25) is 0 Å².